The zero-order chi connectivity index (χ0) is 29.1. The Balaban J connectivity index is 1.70. The van der Waals surface area contributed by atoms with Gasteiger partial charge in [-0.3, -0.25) is 24.0 Å². The lowest BCUT2D eigenvalue weighted by atomic mass is 10.0. The van der Waals surface area contributed by atoms with E-state index in [1.807, 2.05) is 60.7 Å². The normalized spacial score (nSPS) is 16.3. The van der Waals surface area contributed by atoms with Gasteiger partial charge in [0.1, 0.15) is 18.1 Å². The Morgan fingerprint density at radius 2 is 1.55 bits per heavy atom. The highest BCUT2D eigenvalue weighted by molar-refractivity contribution is 8.13. The molecule has 214 valence electrons. The van der Waals surface area contributed by atoms with E-state index in [1.54, 1.807) is 13.8 Å². The first-order valence-electron chi connectivity index (χ1n) is 13.5. The minimum atomic E-state index is -1.10. The Morgan fingerprint density at radius 1 is 0.925 bits per heavy atom. The molecular formula is C30H37N3O6S. The fourth-order valence-electron chi connectivity index (χ4n) is 4.60. The van der Waals surface area contributed by atoms with Gasteiger partial charge in [0, 0.05) is 25.1 Å². The molecule has 9 nitrogen and oxygen atoms in total. The van der Waals surface area contributed by atoms with Crippen molar-refractivity contribution in [1.82, 2.24) is 15.5 Å². The highest BCUT2D eigenvalue weighted by atomic mass is 32.2. The molecule has 2 aromatic carbocycles. The number of thioether (sulfide) groups is 1. The molecule has 3 atom stereocenters. The second-order valence-corrected chi connectivity index (χ2v) is 11.2. The molecule has 3 rings (SSSR count). The van der Waals surface area contributed by atoms with Crippen LogP contribution in [0.3, 0.4) is 0 Å². The van der Waals surface area contributed by atoms with Gasteiger partial charge in [0.15, 0.2) is 0 Å². The summed E-state index contributed by atoms with van der Waals surface area (Å²) in [5.74, 6) is -2.21. The number of carbonyl (C=O) groups is 5. The third-order valence-corrected chi connectivity index (χ3v) is 7.81. The van der Waals surface area contributed by atoms with E-state index >= 15 is 0 Å². The Bertz CT molecular complexity index is 1170. The van der Waals surface area contributed by atoms with Crippen molar-refractivity contribution in [2.45, 2.75) is 69.8 Å². The SMILES string of the molecule is CC(C)C(NC(=O)CCC(=O)O)C(=O)N1CCCC1C(=O)NC(Cc1ccccc1)C(=O)SCc1ccccc1. The van der Waals surface area contributed by atoms with Gasteiger partial charge in [0.05, 0.1) is 6.42 Å². The Labute approximate surface area is 239 Å². The third-order valence-electron chi connectivity index (χ3n) is 6.76. The van der Waals surface area contributed by atoms with E-state index in [2.05, 4.69) is 10.6 Å². The molecule has 0 radical (unpaired) electrons. The largest absolute Gasteiger partial charge is 0.481 e. The van der Waals surface area contributed by atoms with Crippen LogP contribution in [0.1, 0.15) is 50.7 Å². The summed E-state index contributed by atoms with van der Waals surface area (Å²) >= 11 is 1.15. The third kappa shape index (κ3) is 9.22. The lowest BCUT2D eigenvalue weighted by molar-refractivity contribution is -0.143. The lowest BCUT2D eigenvalue weighted by Crippen LogP contribution is -2.56. The van der Waals surface area contributed by atoms with Gasteiger partial charge in [-0.15, -0.1) is 0 Å². The number of aliphatic carboxylic acids is 1. The summed E-state index contributed by atoms with van der Waals surface area (Å²) in [7, 11) is 0. The molecule has 1 fully saturated rings. The molecule has 0 aromatic heterocycles. The molecule has 0 spiro atoms. The smallest absolute Gasteiger partial charge is 0.303 e. The second kappa shape index (κ2) is 15.2. The molecule has 1 aliphatic heterocycles. The van der Waals surface area contributed by atoms with Crippen molar-refractivity contribution in [3.63, 3.8) is 0 Å². The maximum Gasteiger partial charge on any atom is 0.303 e. The maximum atomic E-state index is 13.5. The monoisotopic (exact) mass is 567 g/mol. The zero-order valence-electron chi connectivity index (χ0n) is 22.9. The van der Waals surface area contributed by atoms with Crippen LogP contribution in [0.15, 0.2) is 60.7 Å². The summed E-state index contributed by atoms with van der Waals surface area (Å²) in [5.41, 5.74) is 1.91. The number of likely N-dealkylation sites (tertiary alicyclic amines) is 1. The molecule has 10 heteroatoms. The minimum absolute atomic E-state index is 0.164. The molecule has 1 aliphatic rings. The average molecular weight is 568 g/mol. The fraction of sp³-hybridized carbons (Fsp3) is 0.433. The first-order chi connectivity index (χ1) is 19.2. The first kappa shape index (κ1) is 30.9. The predicted molar refractivity (Wildman–Crippen MR) is 153 cm³/mol. The molecule has 0 saturated carbocycles. The highest BCUT2D eigenvalue weighted by Crippen LogP contribution is 2.22. The summed E-state index contributed by atoms with van der Waals surface area (Å²) < 4.78 is 0. The van der Waals surface area contributed by atoms with E-state index in [1.165, 1.54) is 4.90 Å². The van der Waals surface area contributed by atoms with Gasteiger partial charge in [0.25, 0.3) is 0 Å². The number of nitrogens with zero attached hydrogens (tertiary/aromatic N) is 1. The highest BCUT2D eigenvalue weighted by Gasteiger charge is 2.39. The second-order valence-electron chi connectivity index (χ2n) is 10.2. The molecule has 0 aliphatic carbocycles. The lowest BCUT2D eigenvalue weighted by Gasteiger charge is -2.31. The van der Waals surface area contributed by atoms with Crippen molar-refractivity contribution < 1.29 is 29.1 Å². The van der Waals surface area contributed by atoms with E-state index in [-0.39, 0.29) is 29.8 Å². The first-order valence-corrected chi connectivity index (χ1v) is 14.5. The molecule has 0 bridgehead atoms. The molecular weight excluding hydrogens is 530 g/mol. The zero-order valence-corrected chi connectivity index (χ0v) is 23.7. The van der Waals surface area contributed by atoms with Crippen LogP contribution in [0.4, 0.5) is 0 Å². The van der Waals surface area contributed by atoms with Crippen LogP contribution >= 0.6 is 11.8 Å². The number of hydrogen-bond donors (Lipinski definition) is 3. The van der Waals surface area contributed by atoms with Gasteiger partial charge in [-0.25, -0.2) is 0 Å². The van der Waals surface area contributed by atoms with E-state index in [9.17, 15) is 24.0 Å². The predicted octanol–water partition coefficient (Wildman–Crippen LogP) is 3.17. The Morgan fingerprint density at radius 3 is 2.15 bits per heavy atom. The van der Waals surface area contributed by atoms with Crippen LogP contribution < -0.4 is 10.6 Å². The Hall–Kier alpha value is -3.66. The summed E-state index contributed by atoms with van der Waals surface area (Å²) in [6, 6.07) is 16.6. The van der Waals surface area contributed by atoms with Gasteiger partial charge in [-0.2, -0.15) is 0 Å². The summed E-state index contributed by atoms with van der Waals surface area (Å²) in [6.45, 7) is 3.92. The van der Waals surface area contributed by atoms with E-state index in [0.29, 0.717) is 31.6 Å². The molecule has 3 unspecified atom stereocenters. The van der Waals surface area contributed by atoms with Crippen LogP contribution in [0.2, 0.25) is 0 Å². The van der Waals surface area contributed by atoms with E-state index in [0.717, 1.165) is 22.9 Å². The molecule has 40 heavy (non-hydrogen) atoms. The van der Waals surface area contributed by atoms with Crippen LogP contribution in [0, 0.1) is 5.92 Å². The minimum Gasteiger partial charge on any atom is -0.481 e. The number of benzene rings is 2. The van der Waals surface area contributed by atoms with Gasteiger partial charge >= 0.3 is 5.97 Å². The van der Waals surface area contributed by atoms with Crippen molar-refractivity contribution in [3.05, 3.63) is 71.8 Å². The number of amides is 3. The molecule has 3 N–H and O–H groups in total. The van der Waals surface area contributed by atoms with Crippen LogP contribution in [0.5, 0.6) is 0 Å². The van der Waals surface area contributed by atoms with Crippen molar-refractivity contribution in [2.75, 3.05) is 6.54 Å². The van der Waals surface area contributed by atoms with Gasteiger partial charge in [0.2, 0.25) is 22.8 Å². The standard InChI is InChI=1S/C30H37N3O6S/c1-20(2)27(32-25(34)15-16-26(35)36)29(38)33-17-9-14-24(33)28(37)31-23(18-21-10-5-3-6-11-21)30(39)40-19-22-12-7-4-8-13-22/h3-8,10-13,20,23-24,27H,9,14-19H2,1-2H3,(H,31,37)(H,32,34)(H,35,36). The molecule has 1 heterocycles. The molecule has 2 aromatic rings. The quantitative estimate of drug-likeness (QED) is 0.339. The summed E-state index contributed by atoms with van der Waals surface area (Å²) in [6.07, 6.45) is 0.806. The van der Waals surface area contributed by atoms with Crippen molar-refractivity contribution in [2.24, 2.45) is 5.92 Å². The Kier molecular flexibility index (Phi) is 11.7. The summed E-state index contributed by atoms with van der Waals surface area (Å²) in [4.78, 5) is 64.9. The van der Waals surface area contributed by atoms with Crippen molar-refractivity contribution >= 4 is 40.6 Å². The van der Waals surface area contributed by atoms with Crippen LogP contribution in [0.25, 0.3) is 0 Å². The number of hydrogen-bond acceptors (Lipinski definition) is 6. The van der Waals surface area contributed by atoms with Gasteiger partial charge in [-0.1, -0.05) is 86.3 Å². The van der Waals surface area contributed by atoms with Gasteiger partial charge < -0.3 is 20.6 Å². The van der Waals surface area contributed by atoms with Crippen LogP contribution in [-0.4, -0.2) is 63.5 Å². The summed E-state index contributed by atoms with van der Waals surface area (Å²) in [5, 5.41) is 14.3. The van der Waals surface area contributed by atoms with Crippen molar-refractivity contribution in [1.29, 1.82) is 0 Å². The number of nitrogens with one attached hydrogen (secondary N) is 2. The number of carboxylic acids is 1. The van der Waals surface area contributed by atoms with Crippen LogP contribution in [-0.2, 0) is 36.1 Å². The average Bonchev–Trinajstić information content (AvgIpc) is 3.44. The number of carbonyl (C=O) groups excluding carboxylic acids is 4. The van der Waals surface area contributed by atoms with E-state index in [4.69, 9.17) is 5.11 Å². The maximum absolute atomic E-state index is 13.5. The fourth-order valence-corrected chi connectivity index (χ4v) is 5.45. The van der Waals surface area contributed by atoms with Gasteiger partial charge in [-0.05, 0) is 29.9 Å². The van der Waals surface area contributed by atoms with E-state index < -0.39 is 35.9 Å². The topological polar surface area (TPSA) is 133 Å². The number of carboxylic acid groups (broad SMARTS) is 1. The molecule has 3 amide bonds. The van der Waals surface area contributed by atoms with Crippen molar-refractivity contribution in [3.8, 4) is 0 Å². The number of rotatable bonds is 13. The molecule has 1 saturated heterocycles.